The fraction of sp³-hybridized carbons (Fsp3) is 0.882. The predicted octanol–water partition coefficient (Wildman–Crippen LogP) is 8.89. The van der Waals surface area contributed by atoms with Crippen LogP contribution in [0.5, 0.6) is 0 Å². The van der Waals surface area contributed by atoms with Gasteiger partial charge in [0.2, 0.25) is 0 Å². The van der Waals surface area contributed by atoms with Crippen molar-refractivity contribution in [2.24, 2.45) is 0 Å². The van der Waals surface area contributed by atoms with Crippen LogP contribution < -0.4 is 0 Å². The maximum Gasteiger partial charge on any atom is 0.469 e. The third-order valence-corrected chi connectivity index (χ3v) is 8.44. The Balaban J connectivity index is 2.10. The molecule has 1 heterocycles. The summed E-state index contributed by atoms with van der Waals surface area (Å²) in [6.07, 6.45) is 28.2. The molecule has 0 aliphatic carbocycles. The quantitative estimate of drug-likeness (QED) is 0.0249. The van der Waals surface area contributed by atoms with Gasteiger partial charge in [-0.05, 0) is 38.5 Å². The van der Waals surface area contributed by atoms with Gasteiger partial charge in [0.05, 0.1) is 18.8 Å². The lowest BCUT2D eigenvalue weighted by atomic mass is 10.1. The number of esters is 2. The van der Waals surface area contributed by atoms with E-state index in [2.05, 4.69) is 30.5 Å². The number of carbonyl (C=O) groups is 2. The molecular formula is C34H63O9P. The summed E-state index contributed by atoms with van der Waals surface area (Å²) in [6.45, 7) is 3.60. The summed E-state index contributed by atoms with van der Waals surface area (Å²) >= 11 is 0. The van der Waals surface area contributed by atoms with Crippen LogP contribution >= 0.6 is 7.82 Å². The van der Waals surface area contributed by atoms with Crippen molar-refractivity contribution >= 4 is 19.8 Å². The lowest BCUT2D eigenvalue weighted by Gasteiger charge is -2.18. The van der Waals surface area contributed by atoms with E-state index in [1.54, 1.807) is 0 Å². The Morgan fingerprint density at radius 2 is 1.25 bits per heavy atom. The molecule has 0 amide bonds. The Hall–Kier alpha value is -1.25. The highest BCUT2D eigenvalue weighted by atomic mass is 31.2. The summed E-state index contributed by atoms with van der Waals surface area (Å²) in [5.41, 5.74) is 0. The summed E-state index contributed by atoms with van der Waals surface area (Å²) in [6, 6.07) is 0. The van der Waals surface area contributed by atoms with Crippen LogP contribution in [-0.4, -0.2) is 53.3 Å². The van der Waals surface area contributed by atoms with Gasteiger partial charge >= 0.3 is 19.8 Å². The van der Waals surface area contributed by atoms with Crippen molar-refractivity contribution in [1.82, 2.24) is 0 Å². The standard InChI is InChI=1S/C34H63O9P/c1-3-5-7-8-9-10-11-16-19-23-27-34(36)42-30(29-41-44(37,38)39)28-40-33(35)26-22-18-15-13-12-14-17-21-25-32-31(43-32)24-20-6-4-2/h17,21,30-32H,3-16,18-20,22-29H2,1-2H3,(H2,37,38,39)/b21-17-/t30-,31?,32?/m1/s1. The molecule has 0 saturated carbocycles. The molecule has 0 spiro atoms. The highest BCUT2D eigenvalue weighted by molar-refractivity contribution is 7.46. The van der Waals surface area contributed by atoms with E-state index in [4.69, 9.17) is 24.0 Å². The third kappa shape index (κ3) is 26.0. The minimum Gasteiger partial charge on any atom is -0.462 e. The summed E-state index contributed by atoms with van der Waals surface area (Å²) in [4.78, 5) is 42.5. The molecule has 0 aromatic carbocycles. The van der Waals surface area contributed by atoms with Gasteiger partial charge in [0.15, 0.2) is 6.10 Å². The molecule has 1 rings (SSSR count). The zero-order chi connectivity index (χ0) is 32.3. The Labute approximate surface area is 267 Å². The van der Waals surface area contributed by atoms with Crippen LogP contribution in [0.2, 0.25) is 0 Å². The maximum absolute atomic E-state index is 12.3. The molecule has 1 aliphatic rings. The molecule has 1 aliphatic heterocycles. The molecule has 0 aromatic heterocycles. The van der Waals surface area contributed by atoms with E-state index >= 15 is 0 Å². The molecule has 0 aromatic rings. The molecule has 9 nitrogen and oxygen atoms in total. The number of allylic oxidation sites excluding steroid dienone is 1. The fourth-order valence-corrected chi connectivity index (χ4v) is 5.56. The number of epoxide rings is 1. The lowest BCUT2D eigenvalue weighted by molar-refractivity contribution is -0.161. The Morgan fingerprint density at radius 1 is 0.705 bits per heavy atom. The molecule has 2 unspecified atom stereocenters. The van der Waals surface area contributed by atoms with Crippen molar-refractivity contribution in [2.75, 3.05) is 13.2 Å². The normalized spacial score (nSPS) is 17.2. The molecule has 44 heavy (non-hydrogen) atoms. The van der Waals surface area contributed by atoms with Crippen molar-refractivity contribution in [1.29, 1.82) is 0 Å². The number of hydrogen-bond donors (Lipinski definition) is 2. The highest BCUT2D eigenvalue weighted by Crippen LogP contribution is 2.36. The Morgan fingerprint density at radius 3 is 1.86 bits per heavy atom. The van der Waals surface area contributed by atoms with E-state index in [0.717, 1.165) is 57.8 Å². The van der Waals surface area contributed by atoms with Crippen LogP contribution in [0.4, 0.5) is 0 Å². The molecule has 2 N–H and O–H groups in total. The molecule has 0 radical (unpaired) electrons. The fourth-order valence-electron chi connectivity index (χ4n) is 5.20. The van der Waals surface area contributed by atoms with Gasteiger partial charge in [0, 0.05) is 12.8 Å². The monoisotopic (exact) mass is 646 g/mol. The van der Waals surface area contributed by atoms with Crippen LogP contribution in [0.25, 0.3) is 0 Å². The molecule has 258 valence electrons. The number of rotatable bonds is 31. The van der Waals surface area contributed by atoms with E-state index < -0.39 is 32.5 Å². The van der Waals surface area contributed by atoms with Crippen molar-refractivity contribution in [3.8, 4) is 0 Å². The number of phosphoric acid groups is 1. The molecule has 0 bridgehead atoms. The lowest BCUT2D eigenvalue weighted by Crippen LogP contribution is -2.29. The van der Waals surface area contributed by atoms with E-state index in [1.165, 1.54) is 64.2 Å². The van der Waals surface area contributed by atoms with Crippen molar-refractivity contribution in [2.45, 2.75) is 180 Å². The molecule has 1 saturated heterocycles. The second-order valence-corrected chi connectivity index (χ2v) is 13.5. The number of phosphoric ester groups is 1. The number of unbranched alkanes of at least 4 members (excludes halogenated alkanes) is 16. The van der Waals surface area contributed by atoms with Crippen LogP contribution in [0.3, 0.4) is 0 Å². The van der Waals surface area contributed by atoms with Gasteiger partial charge in [-0.1, -0.05) is 122 Å². The SMILES string of the molecule is CCCCCCCCCCCCC(=O)O[C@H](COC(=O)CCCCCCC/C=C\CC1OC1CCCCC)COP(=O)(O)O. The minimum absolute atomic E-state index is 0.209. The van der Waals surface area contributed by atoms with Gasteiger partial charge in [-0.25, -0.2) is 4.57 Å². The van der Waals surface area contributed by atoms with Crippen LogP contribution in [-0.2, 0) is 32.9 Å². The second kappa shape index (κ2) is 26.9. The first-order chi connectivity index (χ1) is 21.2. The second-order valence-electron chi connectivity index (χ2n) is 12.2. The van der Waals surface area contributed by atoms with Gasteiger partial charge in [-0.3, -0.25) is 14.1 Å². The van der Waals surface area contributed by atoms with Crippen molar-refractivity contribution in [3.63, 3.8) is 0 Å². The smallest absolute Gasteiger partial charge is 0.462 e. The first-order valence-electron chi connectivity index (χ1n) is 17.6. The van der Waals surface area contributed by atoms with Gasteiger partial charge in [-0.2, -0.15) is 0 Å². The third-order valence-electron chi connectivity index (χ3n) is 7.96. The Kier molecular flexibility index (Phi) is 24.9. The Bertz CT molecular complexity index is 798. The first kappa shape index (κ1) is 40.8. The average Bonchev–Trinajstić information content (AvgIpc) is 3.73. The minimum atomic E-state index is -4.75. The summed E-state index contributed by atoms with van der Waals surface area (Å²) in [5.74, 6) is -0.905. The van der Waals surface area contributed by atoms with E-state index in [-0.39, 0.29) is 19.4 Å². The summed E-state index contributed by atoms with van der Waals surface area (Å²) in [7, 11) is -4.75. The van der Waals surface area contributed by atoms with Gasteiger partial charge in [-0.15, -0.1) is 0 Å². The number of hydrogen-bond acceptors (Lipinski definition) is 7. The van der Waals surface area contributed by atoms with E-state index in [0.29, 0.717) is 25.0 Å². The van der Waals surface area contributed by atoms with Crippen molar-refractivity contribution < 1.29 is 42.7 Å². The van der Waals surface area contributed by atoms with Crippen LogP contribution in [0, 0.1) is 0 Å². The summed E-state index contributed by atoms with van der Waals surface area (Å²) in [5, 5.41) is 0. The van der Waals surface area contributed by atoms with E-state index in [1.807, 2.05) is 0 Å². The molecule has 1 fully saturated rings. The van der Waals surface area contributed by atoms with E-state index in [9.17, 15) is 14.2 Å². The topological polar surface area (TPSA) is 132 Å². The highest BCUT2D eigenvalue weighted by Gasteiger charge is 2.36. The average molecular weight is 647 g/mol. The summed E-state index contributed by atoms with van der Waals surface area (Å²) < 4.78 is 31.9. The zero-order valence-corrected chi connectivity index (χ0v) is 28.7. The molecular weight excluding hydrogens is 583 g/mol. The van der Waals surface area contributed by atoms with Gasteiger partial charge < -0.3 is 24.0 Å². The first-order valence-corrected chi connectivity index (χ1v) is 19.1. The van der Waals surface area contributed by atoms with Crippen LogP contribution in [0.1, 0.15) is 162 Å². The maximum atomic E-state index is 12.3. The molecule has 10 heteroatoms. The number of carbonyl (C=O) groups excluding carboxylic acids is 2. The largest absolute Gasteiger partial charge is 0.469 e. The number of ether oxygens (including phenoxy) is 3. The van der Waals surface area contributed by atoms with Gasteiger partial charge in [0.25, 0.3) is 0 Å². The predicted molar refractivity (Wildman–Crippen MR) is 174 cm³/mol. The van der Waals surface area contributed by atoms with Crippen molar-refractivity contribution in [3.05, 3.63) is 12.2 Å². The van der Waals surface area contributed by atoms with Gasteiger partial charge in [0.1, 0.15) is 6.61 Å². The molecule has 3 atom stereocenters. The van der Waals surface area contributed by atoms with Crippen LogP contribution in [0.15, 0.2) is 12.2 Å². The zero-order valence-electron chi connectivity index (χ0n) is 27.8.